The zero-order chi connectivity index (χ0) is 8.85. The van der Waals surface area contributed by atoms with Crippen LogP contribution in [0.3, 0.4) is 0 Å². The van der Waals surface area contributed by atoms with E-state index in [1.165, 1.54) is 0 Å². The molecule has 0 fully saturated rings. The molecule has 0 aliphatic rings. The van der Waals surface area contributed by atoms with E-state index in [-0.39, 0.29) is 0 Å². The Morgan fingerprint density at radius 3 is 2.18 bits per heavy atom. The largest absolute Gasteiger partial charge is 0.387 e. The molecule has 0 bridgehead atoms. The highest BCUT2D eigenvalue weighted by Crippen LogP contribution is 2.03. The molecular weight excluding hydrogens is 136 g/mol. The maximum absolute atomic E-state index is 5.67. The summed E-state index contributed by atoms with van der Waals surface area (Å²) in [7, 11) is 0. The molecule has 66 valence electrons. The van der Waals surface area contributed by atoms with Gasteiger partial charge in [-0.2, -0.15) is 0 Å². The summed E-state index contributed by atoms with van der Waals surface area (Å²) in [5, 5.41) is 0. The van der Waals surface area contributed by atoms with E-state index in [1.807, 2.05) is 13.8 Å². The lowest BCUT2D eigenvalue weighted by Gasteiger charge is -2.05. The van der Waals surface area contributed by atoms with Crippen LogP contribution < -0.4 is 5.73 Å². The lowest BCUT2D eigenvalue weighted by Crippen LogP contribution is -2.14. The highest BCUT2D eigenvalue weighted by atomic mass is 14.9. The van der Waals surface area contributed by atoms with Gasteiger partial charge in [0.15, 0.2) is 0 Å². The van der Waals surface area contributed by atoms with E-state index in [0.29, 0.717) is 6.04 Å². The Kier molecular flexibility index (Phi) is 4.92. The van der Waals surface area contributed by atoms with Crippen LogP contribution in [0.4, 0.5) is 0 Å². The van der Waals surface area contributed by atoms with Crippen LogP contribution in [0.15, 0.2) is 4.99 Å². The van der Waals surface area contributed by atoms with Gasteiger partial charge in [-0.3, -0.25) is 4.99 Å². The van der Waals surface area contributed by atoms with Crippen LogP contribution in [0.5, 0.6) is 0 Å². The number of hydrogen-bond donors (Lipinski definition) is 1. The average Bonchev–Trinajstić information content (AvgIpc) is 1.82. The van der Waals surface area contributed by atoms with Crippen molar-refractivity contribution in [2.45, 2.75) is 46.6 Å². The first kappa shape index (κ1) is 10.5. The molecule has 0 saturated carbocycles. The van der Waals surface area contributed by atoms with Crippen molar-refractivity contribution in [1.82, 2.24) is 0 Å². The van der Waals surface area contributed by atoms with Crippen molar-refractivity contribution < 1.29 is 0 Å². The zero-order valence-corrected chi connectivity index (χ0v) is 8.09. The predicted octanol–water partition coefficient (Wildman–Crippen LogP) is 2.19. The fourth-order valence-electron chi connectivity index (χ4n) is 0.833. The van der Waals surface area contributed by atoms with Crippen LogP contribution in [-0.4, -0.2) is 11.9 Å². The first-order valence-electron chi connectivity index (χ1n) is 4.34. The van der Waals surface area contributed by atoms with Gasteiger partial charge in [-0.1, -0.05) is 13.8 Å². The molecule has 0 aliphatic heterocycles. The summed E-state index contributed by atoms with van der Waals surface area (Å²) in [6.07, 6.45) is 2.08. The molecule has 11 heavy (non-hydrogen) atoms. The summed E-state index contributed by atoms with van der Waals surface area (Å²) in [5.74, 6) is 1.52. The summed E-state index contributed by atoms with van der Waals surface area (Å²) >= 11 is 0. The van der Waals surface area contributed by atoms with Crippen LogP contribution in [0.1, 0.15) is 40.5 Å². The minimum absolute atomic E-state index is 0.335. The van der Waals surface area contributed by atoms with Gasteiger partial charge in [-0.25, -0.2) is 0 Å². The van der Waals surface area contributed by atoms with Gasteiger partial charge >= 0.3 is 0 Å². The number of amidine groups is 1. The first-order valence-corrected chi connectivity index (χ1v) is 4.34. The highest BCUT2D eigenvalue weighted by Gasteiger charge is 1.97. The summed E-state index contributed by atoms with van der Waals surface area (Å²) in [5.41, 5.74) is 5.67. The Morgan fingerprint density at radius 2 is 1.82 bits per heavy atom. The minimum Gasteiger partial charge on any atom is -0.387 e. The molecule has 2 heteroatoms. The number of nitrogens with zero attached hydrogens (tertiary/aromatic N) is 1. The van der Waals surface area contributed by atoms with Crippen LogP contribution in [0, 0.1) is 5.92 Å². The summed E-state index contributed by atoms with van der Waals surface area (Å²) < 4.78 is 0. The van der Waals surface area contributed by atoms with Crippen molar-refractivity contribution in [3.05, 3.63) is 0 Å². The first-order chi connectivity index (χ1) is 5.02. The fraction of sp³-hybridized carbons (Fsp3) is 0.889. The predicted molar refractivity (Wildman–Crippen MR) is 50.8 cm³/mol. The van der Waals surface area contributed by atoms with E-state index in [2.05, 4.69) is 18.8 Å². The number of hydrogen-bond acceptors (Lipinski definition) is 1. The second-order valence-electron chi connectivity index (χ2n) is 3.65. The number of nitrogens with two attached hydrogens (primary N) is 1. The lowest BCUT2D eigenvalue weighted by atomic mass is 10.1. The average molecular weight is 156 g/mol. The van der Waals surface area contributed by atoms with Crippen LogP contribution in [0.2, 0.25) is 0 Å². The zero-order valence-electron chi connectivity index (χ0n) is 8.09. The lowest BCUT2D eigenvalue weighted by molar-refractivity contribution is 0.600. The third-order valence-electron chi connectivity index (χ3n) is 1.40. The summed E-state index contributed by atoms with van der Waals surface area (Å²) in [6.45, 7) is 8.48. The molecule has 0 amide bonds. The molecule has 2 nitrogen and oxygen atoms in total. The third-order valence-corrected chi connectivity index (χ3v) is 1.40. The molecule has 0 heterocycles. The maximum atomic E-state index is 5.67. The second kappa shape index (κ2) is 5.16. The molecule has 0 aromatic rings. The molecule has 0 unspecified atom stereocenters. The van der Waals surface area contributed by atoms with E-state index in [1.54, 1.807) is 0 Å². The maximum Gasteiger partial charge on any atom is 0.0940 e. The molecule has 0 spiro atoms. The van der Waals surface area contributed by atoms with E-state index < -0.39 is 0 Å². The van der Waals surface area contributed by atoms with Crippen molar-refractivity contribution in [3.8, 4) is 0 Å². The van der Waals surface area contributed by atoms with E-state index >= 15 is 0 Å². The topological polar surface area (TPSA) is 38.4 Å². The molecule has 0 rings (SSSR count). The Balaban J connectivity index is 3.59. The molecular formula is C9H20N2. The SMILES string of the molecule is CC(C)CCC(N)=NC(C)C. The second-order valence-corrected chi connectivity index (χ2v) is 3.65. The third kappa shape index (κ3) is 7.37. The van der Waals surface area contributed by atoms with Crippen LogP contribution in [-0.2, 0) is 0 Å². The minimum atomic E-state index is 0.335. The fourth-order valence-corrected chi connectivity index (χ4v) is 0.833. The highest BCUT2D eigenvalue weighted by molar-refractivity contribution is 5.80. The molecule has 2 N–H and O–H groups in total. The Hall–Kier alpha value is -0.530. The van der Waals surface area contributed by atoms with Crippen molar-refractivity contribution in [2.24, 2.45) is 16.6 Å². The smallest absolute Gasteiger partial charge is 0.0940 e. The van der Waals surface area contributed by atoms with Gasteiger partial charge in [-0.15, -0.1) is 0 Å². The number of aliphatic imine (C=N–C) groups is 1. The standard InChI is InChI=1S/C9H20N2/c1-7(2)5-6-9(10)11-8(3)4/h7-8H,5-6H2,1-4H3,(H2,10,11). The molecule has 0 aromatic heterocycles. The normalized spacial score (nSPS) is 13.1. The Labute approximate surface area is 69.9 Å². The molecule has 0 saturated heterocycles. The van der Waals surface area contributed by atoms with Gasteiger partial charge in [-0.05, 0) is 26.2 Å². The van der Waals surface area contributed by atoms with Crippen molar-refractivity contribution in [1.29, 1.82) is 0 Å². The van der Waals surface area contributed by atoms with Gasteiger partial charge in [0.2, 0.25) is 0 Å². The van der Waals surface area contributed by atoms with E-state index in [0.717, 1.165) is 24.6 Å². The molecule has 0 radical (unpaired) electrons. The van der Waals surface area contributed by atoms with Crippen LogP contribution >= 0.6 is 0 Å². The van der Waals surface area contributed by atoms with Gasteiger partial charge in [0, 0.05) is 12.5 Å². The number of rotatable bonds is 4. The van der Waals surface area contributed by atoms with Crippen molar-refractivity contribution >= 4 is 5.84 Å². The monoisotopic (exact) mass is 156 g/mol. The van der Waals surface area contributed by atoms with Crippen molar-refractivity contribution in [3.63, 3.8) is 0 Å². The summed E-state index contributed by atoms with van der Waals surface area (Å²) in [6, 6.07) is 0.335. The quantitative estimate of drug-likeness (QED) is 0.492. The van der Waals surface area contributed by atoms with Crippen LogP contribution in [0.25, 0.3) is 0 Å². The summed E-state index contributed by atoms with van der Waals surface area (Å²) in [4.78, 5) is 4.24. The van der Waals surface area contributed by atoms with E-state index in [9.17, 15) is 0 Å². The molecule has 0 aromatic carbocycles. The van der Waals surface area contributed by atoms with Gasteiger partial charge in [0.1, 0.15) is 0 Å². The Bertz CT molecular complexity index is 126. The van der Waals surface area contributed by atoms with E-state index in [4.69, 9.17) is 5.73 Å². The molecule has 0 aliphatic carbocycles. The van der Waals surface area contributed by atoms with Gasteiger partial charge < -0.3 is 5.73 Å². The van der Waals surface area contributed by atoms with Gasteiger partial charge in [0.05, 0.1) is 5.84 Å². The van der Waals surface area contributed by atoms with Crippen molar-refractivity contribution in [2.75, 3.05) is 0 Å². The Morgan fingerprint density at radius 1 is 1.27 bits per heavy atom. The molecule has 0 atom stereocenters. The van der Waals surface area contributed by atoms with Gasteiger partial charge in [0.25, 0.3) is 0 Å².